The standard InChI is InChI=1S/C17H18ClFN2/c18-17-14(6-3-7-16(17)19)11-21-10-13-5-2-1-4-12(13)8-15(21)9-20/h1-7,15H,8-11,20H2. The van der Waals surface area contributed by atoms with E-state index in [1.165, 1.54) is 17.2 Å². The lowest BCUT2D eigenvalue weighted by Gasteiger charge is -2.36. The summed E-state index contributed by atoms with van der Waals surface area (Å²) in [5, 5.41) is 0.215. The van der Waals surface area contributed by atoms with Crippen LogP contribution in [0.15, 0.2) is 42.5 Å². The predicted octanol–water partition coefficient (Wildman–Crippen LogP) is 3.36. The van der Waals surface area contributed by atoms with Crippen LogP contribution in [0, 0.1) is 5.82 Å². The van der Waals surface area contributed by atoms with Gasteiger partial charge in [-0.05, 0) is 29.2 Å². The highest BCUT2D eigenvalue weighted by Crippen LogP contribution is 2.27. The van der Waals surface area contributed by atoms with Gasteiger partial charge in [0.05, 0.1) is 5.02 Å². The molecule has 1 unspecified atom stereocenters. The van der Waals surface area contributed by atoms with Crippen molar-refractivity contribution in [1.82, 2.24) is 4.90 Å². The van der Waals surface area contributed by atoms with E-state index in [1.807, 2.05) is 6.07 Å². The highest BCUT2D eigenvalue weighted by Gasteiger charge is 2.25. The number of hydrogen-bond acceptors (Lipinski definition) is 2. The van der Waals surface area contributed by atoms with E-state index in [0.29, 0.717) is 13.1 Å². The molecule has 0 aromatic heterocycles. The molecular formula is C17H18ClFN2. The van der Waals surface area contributed by atoms with Crippen molar-refractivity contribution < 1.29 is 4.39 Å². The fourth-order valence-corrected chi connectivity index (χ4v) is 3.13. The Kier molecular flexibility index (Phi) is 4.24. The van der Waals surface area contributed by atoms with Crippen LogP contribution in [0.1, 0.15) is 16.7 Å². The monoisotopic (exact) mass is 304 g/mol. The minimum atomic E-state index is -0.365. The molecule has 110 valence electrons. The highest BCUT2D eigenvalue weighted by atomic mass is 35.5. The third-order valence-corrected chi connectivity index (χ3v) is 4.56. The number of nitrogens with zero attached hydrogens (tertiary/aromatic N) is 1. The second-order valence-electron chi connectivity index (χ2n) is 5.48. The summed E-state index contributed by atoms with van der Waals surface area (Å²) in [5.74, 6) is -0.365. The van der Waals surface area contributed by atoms with Gasteiger partial charge in [-0.3, -0.25) is 4.90 Å². The largest absolute Gasteiger partial charge is 0.329 e. The maximum Gasteiger partial charge on any atom is 0.142 e. The molecule has 3 rings (SSSR count). The second kappa shape index (κ2) is 6.14. The molecule has 0 bridgehead atoms. The Balaban J connectivity index is 1.86. The lowest BCUT2D eigenvalue weighted by molar-refractivity contribution is 0.167. The van der Waals surface area contributed by atoms with E-state index in [1.54, 1.807) is 6.07 Å². The molecule has 1 heterocycles. The molecule has 2 N–H and O–H groups in total. The highest BCUT2D eigenvalue weighted by molar-refractivity contribution is 6.31. The van der Waals surface area contributed by atoms with E-state index in [-0.39, 0.29) is 16.9 Å². The van der Waals surface area contributed by atoms with Gasteiger partial charge in [0.1, 0.15) is 5.82 Å². The third-order valence-electron chi connectivity index (χ3n) is 4.14. The molecule has 2 aromatic carbocycles. The number of fused-ring (bicyclic) bond motifs is 1. The number of rotatable bonds is 3. The molecular weight excluding hydrogens is 287 g/mol. The summed E-state index contributed by atoms with van der Waals surface area (Å²) in [7, 11) is 0. The lowest BCUT2D eigenvalue weighted by atomic mass is 9.93. The van der Waals surface area contributed by atoms with Crippen molar-refractivity contribution in [3.8, 4) is 0 Å². The Bertz CT molecular complexity index is 644. The Morgan fingerprint density at radius 3 is 2.67 bits per heavy atom. The maximum atomic E-state index is 13.6. The van der Waals surface area contributed by atoms with Crippen LogP contribution in [0.3, 0.4) is 0 Å². The summed E-state index contributed by atoms with van der Waals surface area (Å²) in [6, 6.07) is 13.6. The predicted molar refractivity (Wildman–Crippen MR) is 83.6 cm³/mol. The van der Waals surface area contributed by atoms with Gasteiger partial charge in [-0.25, -0.2) is 4.39 Å². The van der Waals surface area contributed by atoms with Gasteiger partial charge in [-0.15, -0.1) is 0 Å². The molecule has 1 atom stereocenters. The minimum absolute atomic E-state index is 0.215. The number of hydrogen-bond donors (Lipinski definition) is 1. The van der Waals surface area contributed by atoms with Crippen molar-refractivity contribution in [2.45, 2.75) is 25.6 Å². The number of halogens is 2. The van der Waals surface area contributed by atoms with E-state index in [4.69, 9.17) is 17.3 Å². The van der Waals surface area contributed by atoms with E-state index >= 15 is 0 Å². The Labute approximate surface area is 129 Å². The van der Waals surface area contributed by atoms with Gasteiger partial charge < -0.3 is 5.73 Å². The summed E-state index contributed by atoms with van der Waals surface area (Å²) in [4.78, 5) is 2.28. The molecule has 0 saturated carbocycles. The quantitative estimate of drug-likeness (QED) is 0.942. The molecule has 2 nitrogen and oxygen atoms in total. The van der Waals surface area contributed by atoms with Crippen molar-refractivity contribution in [3.63, 3.8) is 0 Å². The fourth-order valence-electron chi connectivity index (χ4n) is 2.95. The topological polar surface area (TPSA) is 29.3 Å². The van der Waals surface area contributed by atoms with Gasteiger partial charge in [0, 0.05) is 25.7 Å². The van der Waals surface area contributed by atoms with Crippen LogP contribution in [-0.4, -0.2) is 17.5 Å². The van der Waals surface area contributed by atoms with Gasteiger partial charge in [0.2, 0.25) is 0 Å². The molecule has 0 amide bonds. The third kappa shape index (κ3) is 2.95. The van der Waals surface area contributed by atoms with E-state index in [0.717, 1.165) is 18.5 Å². The molecule has 0 aliphatic carbocycles. The Morgan fingerprint density at radius 2 is 1.90 bits per heavy atom. The molecule has 2 aromatic rings. The molecule has 0 fully saturated rings. The van der Waals surface area contributed by atoms with Gasteiger partial charge in [-0.2, -0.15) is 0 Å². The van der Waals surface area contributed by atoms with Crippen molar-refractivity contribution in [1.29, 1.82) is 0 Å². The summed E-state index contributed by atoms with van der Waals surface area (Å²) in [5.41, 5.74) is 9.41. The Morgan fingerprint density at radius 1 is 1.14 bits per heavy atom. The summed E-state index contributed by atoms with van der Waals surface area (Å²) in [6.07, 6.45) is 0.930. The first kappa shape index (κ1) is 14.5. The normalized spacial score (nSPS) is 18.5. The van der Waals surface area contributed by atoms with E-state index in [9.17, 15) is 4.39 Å². The molecule has 4 heteroatoms. The maximum absolute atomic E-state index is 13.6. The number of benzene rings is 2. The first-order valence-electron chi connectivity index (χ1n) is 7.13. The lowest BCUT2D eigenvalue weighted by Crippen LogP contribution is -2.44. The smallest absolute Gasteiger partial charge is 0.142 e. The van der Waals surface area contributed by atoms with Crippen LogP contribution >= 0.6 is 11.6 Å². The second-order valence-corrected chi connectivity index (χ2v) is 5.86. The van der Waals surface area contributed by atoms with Crippen LogP contribution in [0.4, 0.5) is 4.39 Å². The molecule has 1 aliphatic heterocycles. The van der Waals surface area contributed by atoms with Gasteiger partial charge >= 0.3 is 0 Å². The van der Waals surface area contributed by atoms with Crippen LogP contribution in [-0.2, 0) is 19.5 Å². The SMILES string of the molecule is NCC1Cc2ccccc2CN1Cc1cccc(F)c1Cl. The first-order valence-corrected chi connectivity index (χ1v) is 7.50. The zero-order valence-corrected chi connectivity index (χ0v) is 12.5. The van der Waals surface area contributed by atoms with Crippen LogP contribution in [0.5, 0.6) is 0 Å². The van der Waals surface area contributed by atoms with Crippen LogP contribution in [0.25, 0.3) is 0 Å². The van der Waals surface area contributed by atoms with E-state index in [2.05, 4.69) is 29.2 Å². The summed E-state index contributed by atoms with van der Waals surface area (Å²) < 4.78 is 13.6. The Hall–Kier alpha value is -1.42. The van der Waals surface area contributed by atoms with Crippen molar-refractivity contribution in [2.75, 3.05) is 6.54 Å². The van der Waals surface area contributed by atoms with Crippen molar-refractivity contribution in [3.05, 3.63) is 70.0 Å². The zero-order chi connectivity index (χ0) is 14.8. The number of nitrogens with two attached hydrogens (primary N) is 1. The molecule has 1 aliphatic rings. The minimum Gasteiger partial charge on any atom is -0.329 e. The van der Waals surface area contributed by atoms with E-state index < -0.39 is 0 Å². The molecule has 0 radical (unpaired) electrons. The van der Waals surface area contributed by atoms with Gasteiger partial charge in [0.15, 0.2) is 0 Å². The molecule has 0 saturated heterocycles. The molecule has 0 spiro atoms. The van der Waals surface area contributed by atoms with Crippen LogP contribution in [0.2, 0.25) is 5.02 Å². The van der Waals surface area contributed by atoms with Crippen molar-refractivity contribution in [2.24, 2.45) is 5.73 Å². The van der Waals surface area contributed by atoms with Crippen LogP contribution < -0.4 is 5.73 Å². The zero-order valence-electron chi connectivity index (χ0n) is 11.7. The summed E-state index contributed by atoms with van der Waals surface area (Å²) in [6.45, 7) is 2.03. The fraction of sp³-hybridized carbons (Fsp3) is 0.294. The van der Waals surface area contributed by atoms with Gasteiger partial charge in [-0.1, -0.05) is 48.0 Å². The molecule has 21 heavy (non-hydrogen) atoms. The average Bonchev–Trinajstić information content (AvgIpc) is 2.51. The van der Waals surface area contributed by atoms with Crippen molar-refractivity contribution >= 4 is 11.6 Å². The van der Waals surface area contributed by atoms with Gasteiger partial charge in [0.25, 0.3) is 0 Å². The summed E-state index contributed by atoms with van der Waals surface area (Å²) >= 11 is 6.07. The first-order chi connectivity index (χ1) is 10.2. The average molecular weight is 305 g/mol.